The van der Waals surface area contributed by atoms with Gasteiger partial charge >= 0.3 is 0 Å². The standard InChI is InChI=1S/C13H15NO3/c1-16-10-3-4-11(12(7-10)17-2)13(15)9-5-6-14-8-9/h3-8,13-15H,1-2H3. The van der Waals surface area contributed by atoms with Crippen LogP contribution in [-0.2, 0) is 0 Å². The zero-order valence-electron chi connectivity index (χ0n) is 9.81. The van der Waals surface area contributed by atoms with Crippen LogP contribution in [0.25, 0.3) is 0 Å². The highest BCUT2D eigenvalue weighted by atomic mass is 16.5. The van der Waals surface area contributed by atoms with Crippen LogP contribution in [0.2, 0.25) is 0 Å². The first kappa shape index (κ1) is 11.5. The van der Waals surface area contributed by atoms with E-state index in [0.717, 1.165) is 5.56 Å². The SMILES string of the molecule is COc1ccc(C(O)c2cc[nH]c2)c(OC)c1. The molecule has 90 valence electrons. The minimum Gasteiger partial charge on any atom is -0.497 e. The van der Waals surface area contributed by atoms with Crippen molar-refractivity contribution in [2.45, 2.75) is 6.10 Å². The Labute approximate surface area is 99.8 Å². The normalized spacial score (nSPS) is 12.2. The Morgan fingerprint density at radius 2 is 2.00 bits per heavy atom. The summed E-state index contributed by atoms with van der Waals surface area (Å²) in [6.07, 6.45) is 2.82. The molecule has 0 amide bonds. The summed E-state index contributed by atoms with van der Waals surface area (Å²) in [5, 5.41) is 10.2. The first-order valence-electron chi connectivity index (χ1n) is 5.29. The van der Waals surface area contributed by atoms with Gasteiger partial charge in [-0.1, -0.05) is 0 Å². The summed E-state index contributed by atoms with van der Waals surface area (Å²) < 4.78 is 10.4. The van der Waals surface area contributed by atoms with Gasteiger partial charge in [0.05, 0.1) is 14.2 Å². The highest BCUT2D eigenvalue weighted by molar-refractivity contribution is 5.44. The second-order valence-corrected chi connectivity index (χ2v) is 3.65. The largest absolute Gasteiger partial charge is 0.497 e. The van der Waals surface area contributed by atoms with E-state index >= 15 is 0 Å². The Bertz CT molecular complexity index is 479. The van der Waals surface area contributed by atoms with Gasteiger partial charge in [-0.2, -0.15) is 0 Å². The van der Waals surface area contributed by atoms with E-state index in [1.807, 2.05) is 6.07 Å². The van der Waals surface area contributed by atoms with Crippen LogP contribution in [0, 0.1) is 0 Å². The van der Waals surface area contributed by atoms with Crippen LogP contribution in [-0.4, -0.2) is 24.3 Å². The summed E-state index contributed by atoms with van der Waals surface area (Å²) in [4.78, 5) is 2.91. The number of aromatic amines is 1. The predicted molar refractivity (Wildman–Crippen MR) is 64.4 cm³/mol. The maximum absolute atomic E-state index is 10.2. The molecule has 0 saturated carbocycles. The third kappa shape index (κ3) is 2.26. The molecule has 1 aromatic carbocycles. The molecular formula is C13H15NO3. The molecule has 0 aliphatic heterocycles. The molecule has 0 fully saturated rings. The lowest BCUT2D eigenvalue weighted by molar-refractivity contribution is 0.214. The van der Waals surface area contributed by atoms with Crippen molar-refractivity contribution < 1.29 is 14.6 Å². The fourth-order valence-corrected chi connectivity index (χ4v) is 1.73. The molecule has 1 heterocycles. The van der Waals surface area contributed by atoms with Crippen molar-refractivity contribution >= 4 is 0 Å². The van der Waals surface area contributed by atoms with Crippen molar-refractivity contribution in [3.63, 3.8) is 0 Å². The van der Waals surface area contributed by atoms with Crippen molar-refractivity contribution in [3.8, 4) is 11.5 Å². The molecule has 2 rings (SSSR count). The summed E-state index contributed by atoms with van der Waals surface area (Å²) in [5.74, 6) is 1.31. The van der Waals surface area contributed by atoms with Gasteiger partial charge in [-0.3, -0.25) is 0 Å². The van der Waals surface area contributed by atoms with E-state index in [9.17, 15) is 5.11 Å². The van der Waals surface area contributed by atoms with Gasteiger partial charge in [0.1, 0.15) is 17.6 Å². The molecule has 0 saturated heterocycles. The molecule has 2 N–H and O–H groups in total. The number of aliphatic hydroxyl groups is 1. The molecule has 4 nitrogen and oxygen atoms in total. The van der Waals surface area contributed by atoms with Gasteiger partial charge < -0.3 is 19.6 Å². The number of aromatic nitrogens is 1. The number of hydrogen-bond donors (Lipinski definition) is 2. The second-order valence-electron chi connectivity index (χ2n) is 3.65. The first-order valence-corrected chi connectivity index (χ1v) is 5.29. The molecule has 0 aliphatic rings. The van der Waals surface area contributed by atoms with E-state index in [-0.39, 0.29) is 0 Å². The maximum Gasteiger partial charge on any atom is 0.128 e. The molecule has 0 spiro atoms. The Kier molecular flexibility index (Phi) is 3.35. The average molecular weight is 233 g/mol. The fourth-order valence-electron chi connectivity index (χ4n) is 1.73. The van der Waals surface area contributed by atoms with Gasteiger partial charge in [0, 0.05) is 29.6 Å². The van der Waals surface area contributed by atoms with Crippen molar-refractivity contribution in [1.82, 2.24) is 4.98 Å². The molecule has 1 aromatic heterocycles. The number of hydrogen-bond acceptors (Lipinski definition) is 3. The van der Waals surface area contributed by atoms with Gasteiger partial charge in [0.2, 0.25) is 0 Å². The van der Waals surface area contributed by atoms with E-state index in [2.05, 4.69) is 4.98 Å². The second kappa shape index (κ2) is 4.93. The lowest BCUT2D eigenvalue weighted by atomic mass is 10.0. The fraction of sp³-hybridized carbons (Fsp3) is 0.231. The lowest BCUT2D eigenvalue weighted by Crippen LogP contribution is -2.01. The molecule has 2 aromatic rings. The third-order valence-corrected chi connectivity index (χ3v) is 2.67. The quantitative estimate of drug-likeness (QED) is 0.850. The molecule has 0 bridgehead atoms. The van der Waals surface area contributed by atoms with E-state index in [0.29, 0.717) is 17.1 Å². The van der Waals surface area contributed by atoms with E-state index < -0.39 is 6.10 Å². The minimum atomic E-state index is -0.706. The third-order valence-electron chi connectivity index (χ3n) is 2.67. The Morgan fingerprint density at radius 3 is 2.59 bits per heavy atom. The van der Waals surface area contributed by atoms with Crippen molar-refractivity contribution in [3.05, 3.63) is 47.8 Å². The summed E-state index contributed by atoms with van der Waals surface area (Å²) in [5.41, 5.74) is 1.52. The number of rotatable bonds is 4. The minimum absolute atomic E-state index is 0.609. The van der Waals surface area contributed by atoms with Crippen LogP contribution in [0.5, 0.6) is 11.5 Å². The van der Waals surface area contributed by atoms with Gasteiger partial charge in [-0.25, -0.2) is 0 Å². The van der Waals surface area contributed by atoms with Crippen LogP contribution in [0.1, 0.15) is 17.2 Å². The van der Waals surface area contributed by atoms with Crippen LogP contribution >= 0.6 is 0 Å². The van der Waals surface area contributed by atoms with Crippen molar-refractivity contribution in [1.29, 1.82) is 0 Å². The monoisotopic (exact) mass is 233 g/mol. The van der Waals surface area contributed by atoms with Crippen LogP contribution in [0.15, 0.2) is 36.7 Å². The van der Waals surface area contributed by atoms with E-state index in [4.69, 9.17) is 9.47 Å². The molecule has 4 heteroatoms. The highest BCUT2D eigenvalue weighted by Gasteiger charge is 2.16. The molecule has 1 atom stereocenters. The molecule has 1 unspecified atom stereocenters. The summed E-state index contributed by atoms with van der Waals surface area (Å²) in [6, 6.07) is 7.18. The number of aliphatic hydroxyl groups excluding tert-OH is 1. The Morgan fingerprint density at radius 1 is 1.18 bits per heavy atom. The van der Waals surface area contributed by atoms with Gasteiger partial charge in [-0.15, -0.1) is 0 Å². The zero-order valence-corrected chi connectivity index (χ0v) is 9.81. The molecular weight excluding hydrogens is 218 g/mol. The predicted octanol–water partition coefficient (Wildman–Crippen LogP) is 2.11. The highest BCUT2D eigenvalue weighted by Crippen LogP contribution is 2.32. The number of H-pyrrole nitrogens is 1. The summed E-state index contributed by atoms with van der Waals surface area (Å²) in [7, 11) is 3.17. The number of ether oxygens (including phenoxy) is 2. The number of nitrogens with one attached hydrogen (secondary N) is 1. The van der Waals surface area contributed by atoms with Crippen LogP contribution < -0.4 is 9.47 Å². The van der Waals surface area contributed by atoms with Crippen LogP contribution in [0.3, 0.4) is 0 Å². The summed E-state index contributed by atoms with van der Waals surface area (Å²) >= 11 is 0. The Balaban J connectivity index is 2.38. The first-order chi connectivity index (χ1) is 8.26. The van der Waals surface area contributed by atoms with Crippen molar-refractivity contribution in [2.75, 3.05) is 14.2 Å². The molecule has 0 radical (unpaired) electrons. The number of benzene rings is 1. The zero-order chi connectivity index (χ0) is 12.3. The van der Waals surface area contributed by atoms with Gasteiger partial charge in [0.15, 0.2) is 0 Å². The Hall–Kier alpha value is -1.94. The van der Waals surface area contributed by atoms with E-state index in [1.54, 1.807) is 44.8 Å². The van der Waals surface area contributed by atoms with Crippen LogP contribution in [0.4, 0.5) is 0 Å². The molecule has 17 heavy (non-hydrogen) atoms. The van der Waals surface area contributed by atoms with Gasteiger partial charge in [0.25, 0.3) is 0 Å². The maximum atomic E-state index is 10.2. The summed E-state index contributed by atoms with van der Waals surface area (Å²) in [6.45, 7) is 0. The average Bonchev–Trinajstić information content (AvgIpc) is 2.91. The smallest absolute Gasteiger partial charge is 0.128 e. The topological polar surface area (TPSA) is 54.5 Å². The lowest BCUT2D eigenvalue weighted by Gasteiger charge is -2.14. The van der Waals surface area contributed by atoms with Gasteiger partial charge in [-0.05, 0) is 18.2 Å². The number of methoxy groups -OCH3 is 2. The van der Waals surface area contributed by atoms with Crippen molar-refractivity contribution in [2.24, 2.45) is 0 Å². The van der Waals surface area contributed by atoms with E-state index in [1.165, 1.54) is 0 Å². The molecule has 0 aliphatic carbocycles.